The van der Waals surface area contributed by atoms with Crippen LogP contribution in [0.1, 0.15) is 39.5 Å². The van der Waals surface area contributed by atoms with E-state index in [1.165, 1.54) is 0 Å². The Morgan fingerprint density at radius 1 is 1.12 bits per heavy atom. The van der Waals surface area contributed by atoms with Crippen LogP contribution in [0.3, 0.4) is 0 Å². The summed E-state index contributed by atoms with van der Waals surface area (Å²) in [5.74, 6) is 0.939. The van der Waals surface area contributed by atoms with E-state index in [1.54, 1.807) is 0 Å². The molecule has 1 N–H and O–H groups in total. The third-order valence-electron chi connectivity index (χ3n) is 2.65. The molecular weight excluding hydrogens is 239 g/mol. The van der Waals surface area contributed by atoms with Gasteiger partial charge in [-0.1, -0.05) is 13.8 Å². The lowest BCUT2D eigenvalue weighted by Gasteiger charge is -2.12. The lowest BCUT2D eigenvalue weighted by molar-refractivity contribution is 0.0925. The molecule has 0 heterocycles. The molecule has 0 aliphatic heterocycles. The predicted octanol–water partition coefficient (Wildman–Crippen LogP) is 3.05. The zero-order chi connectivity index (χ0) is 12.9. The van der Waals surface area contributed by atoms with Crippen molar-refractivity contribution < 1.29 is 18.9 Å². The van der Waals surface area contributed by atoms with Crippen molar-refractivity contribution in [2.75, 3.05) is 26.4 Å². The molecule has 2 unspecified atom stereocenters. The fourth-order valence-electron chi connectivity index (χ4n) is 1.58. The molecule has 0 aromatic carbocycles. The Morgan fingerprint density at radius 2 is 1.76 bits per heavy atom. The molecule has 0 aliphatic carbocycles. The van der Waals surface area contributed by atoms with Gasteiger partial charge in [0.25, 0.3) is 0 Å². The molecule has 0 aromatic rings. The van der Waals surface area contributed by atoms with Crippen LogP contribution in [-0.4, -0.2) is 31.5 Å². The molecule has 0 saturated heterocycles. The lowest BCUT2D eigenvalue weighted by Crippen LogP contribution is -2.09. The van der Waals surface area contributed by atoms with Crippen LogP contribution in [0.5, 0.6) is 0 Å². The summed E-state index contributed by atoms with van der Waals surface area (Å²) in [5, 5.41) is 8.68. The van der Waals surface area contributed by atoms with Crippen LogP contribution in [0.2, 0.25) is 0 Å². The molecule has 0 spiro atoms. The van der Waals surface area contributed by atoms with E-state index >= 15 is 0 Å². The monoisotopic (exact) mass is 264 g/mol. The normalized spacial score (nSPS) is 15.0. The zero-order valence-electron chi connectivity index (χ0n) is 10.9. The number of aliphatic hydroxyl groups excluding tert-OH is 1. The second kappa shape index (κ2) is 12.4. The van der Waals surface area contributed by atoms with Gasteiger partial charge in [-0.2, -0.15) is 0 Å². The highest BCUT2D eigenvalue weighted by Crippen LogP contribution is 2.10. The molecule has 5 heteroatoms. The van der Waals surface area contributed by atoms with Gasteiger partial charge in [-0.15, -0.1) is 0 Å². The van der Waals surface area contributed by atoms with Gasteiger partial charge in [-0.3, -0.25) is 4.52 Å². The first kappa shape index (κ1) is 17.0. The number of hydrogen-bond acceptors (Lipinski definition) is 4. The van der Waals surface area contributed by atoms with Crippen molar-refractivity contribution in [1.29, 1.82) is 0 Å². The van der Waals surface area contributed by atoms with Crippen molar-refractivity contribution in [1.82, 2.24) is 0 Å². The molecule has 0 fully saturated rings. The van der Waals surface area contributed by atoms with Crippen LogP contribution < -0.4 is 0 Å². The highest BCUT2D eigenvalue weighted by molar-refractivity contribution is 7.17. The lowest BCUT2D eigenvalue weighted by atomic mass is 10.1. The van der Waals surface area contributed by atoms with Gasteiger partial charge in [0.15, 0.2) is 0 Å². The molecule has 0 aromatic heterocycles. The van der Waals surface area contributed by atoms with Crippen LogP contribution in [-0.2, 0) is 13.8 Å². The fourth-order valence-corrected chi connectivity index (χ4v) is 1.90. The van der Waals surface area contributed by atoms with Gasteiger partial charge in [0, 0.05) is 19.8 Å². The van der Waals surface area contributed by atoms with Crippen LogP contribution in [0, 0.1) is 11.8 Å². The van der Waals surface area contributed by atoms with Crippen molar-refractivity contribution in [3.05, 3.63) is 0 Å². The van der Waals surface area contributed by atoms with E-state index in [2.05, 4.69) is 13.8 Å². The largest absolute Gasteiger partial charge is 0.396 e. The Bertz CT molecular complexity index is 178. The molecule has 102 valence electrons. The molecule has 0 bridgehead atoms. The van der Waals surface area contributed by atoms with Crippen LogP contribution >= 0.6 is 8.69 Å². The maximum atomic E-state index is 10.1. The van der Waals surface area contributed by atoms with Crippen molar-refractivity contribution >= 4 is 8.69 Å². The SMILES string of the molecule is CC(CCCO)COCCCC(C)COP=O. The third-order valence-corrected chi connectivity index (χ3v) is 2.91. The second-order valence-electron chi connectivity index (χ2n) is 4.66. The summed E-state index contributed by atoms with van der Waals surface area (Å²) in [7, 11) is -0.233. The van der Waals surface area contributed by atoms with E-state index in [0.29, 0.717) is 18.4 Å². The van der Waals surface area contributed by atoms with Gasteiger partial charge in [-0.05, 0) is 37.5 Å². The Kier molecular flexibility index (Phi) is 12.4. The van der Waals surface area contributed by atoms with Gasteiger partial charge in [0.1, 0.15) is 0 Å². The number of aliphatic hydroxyl groups is 1. The molecular formula is C12H25O4P. The summed E-state index contributed by atoms with van der Waals surface area (Å²) in [6, 6.07) is 0. The van der Waals surface area contributed by atoms with Crippen molar-refractivity contribution in [3.8, 4) is 0 Å². The summed E-state index contributed by atoms with van der Waals surface area (Å²) >= 11 is 0. The molecule has 0 rings (SSSR count). The summed E-state index contributed by atoms with van der Waals surface area (Å²) in [5.41, 5.74) is 0. The van der Waals surface area contributed by atoms with E-state index in [1.807, 2.05) is 0 Å². The first-order valence-corrected chi connectivity index (χ1v) is 7.07. The minimum atomic E-state index is -0.233. The molecule has 17 heavy (non-hydrogen) atoms. The van der Waals surface area contributed by atoms with E-state index in [-0.39, 0.29) is 15.3 Å². The van der Waals surface area contributed by atoms with Crippen molar-refractivity contribution in [2.24, 2.45) is 11.8 Å². The summed E-state index contributed by atoms with van der Waals surface area (Å²) in [6.45, 7) is 6.56. The maximum absolute atomic E-state index is 10.1. The third kappa shape index (κ3) is 12.2. The number of rotatable bonds is 12. The molecule has 0 saturated carbocycles. The minimum absolute atomic E-state index is 0.233. The highest BCUT2D eigenvalue weighted by Gasteiger charge is 2.04. The van der Waals surface area contributed by atoms with Gasteiger partial charge in [0.05, 0.1) is 6.61 Å². The Hall–Kier alpha value is -0.0200. The predicted molar refractivity (Wildman–Crippen MR) is 68.3 cm³/mol. The van der Waals surface area contributed by atoms with Gasteiger partial charge < -0.3 is 9.84 Å². The fraction of sp³-hybridized carbons (Fsp3) is 1.00. The number of ether oxygens (including phenoxy) is 1. The molecule has 2 atom stereocenters. The first-order chi connectivity index (χ1) is 8.20. The summed E-state index contributed by atoms with van der Waals surface area (Å²) in [4.78, 5) is 0. The average molecular weight is 264 g/mol. The summed E-state index contributed by atoms with van der Waals surface area (Å²) in [6.07, 6.45) is 3.91. The van der Waals surface area contributed by atoms with E-state index < -0.39 is 0 Å². The van der Waals surface area contributed by atoms with Crippen LogP contribution in [0.25, 0.3) is 0 Å². The first-order valence-electron chi connectivity index (χ1n) is 6.34. The Labute approximate surface area is 106 Å². The number of hydrogen-bond donors (Lipinski definition) is 1. The molecule has 0 amide bonds. The minimum Gasteiger partial charge on any atom is -0.396 e. The molecule has 0 aliphatic rings. The van der Waals surface area contributed by atoms with Crippen LogP contribution in [0.4, 0.5) is 0 Å². The average Bonchev–Trinajstić information content (AvgIpc) is 2.33. The molecule has 0 radical (unpaired) electrons. The topological polar surface area (TPSA) is 55.8 Å². The van der Waals surface area contributed by atoms with E-state index in [9.17, 15) is 4.57 Å². The van der Waals surface area contributed by atoms with E-state index in [0.717, 1.165) is 38.9 Å². The van der Waals surface area contributed by atoms with E-state index in [4.69, 9.17) is 14.4 Å². The smallest absolute Gasteiger partial charge is 0.327 e. The maximum Gasteiger partial charge on any atom is 0.327 e. The Balaban J connectivity index is 3.24. The quantitative estimate of drug-likeness (QED) is 0.435. The van der Waals surface area contributed by atoms with Gasteiger partial charge in [-0.25, -0.2) is 4.57 Å². The van der Waals surface area contributed by atoms with Crippen molar-refractivity contribution in [2.45, 2.75) is 39.5 Å². The standard InChI is InChI=1S/C12H25O4P/c1-11(5-3-7-13)9-15-8-4-6-12(2)10-16-17-14/h11-13H,3-10H2,1-2H3. The van der Waals surface area contributed by atoms with Crippen molar-refractivity contribution in [3.63, 3.8) is 0 Å². The van der Waals surface area contributed by atoms with Crippen LogP contribution in [0.15, 0.2) is 0 Å². The zero-order valence-corrected chi connectivity index (χ0v) is 11.8. The highest BCUT2D eigenvalue weighted by atomic mass is 31.1. The summed E-state index contributed by atoms with van der Waals surface area (Å²) < 4.78 is 20.4. The molecule has 4 nitrogen and oxygen atoms in total. The van der Waals surface area contributed by atoms with Gasteiger partial charge in [0.2, 0.25) is 0 Å². The second-order valence-corrected chi connectivity index (χ2v) is 5.07. The Morgan fingerprint density at radius 3 is 2.41 bits per heavy atom. The van der Waals surface area contributed by atoms with Gasteiger partial charge >= 0.3 is 8.69 Å².